The second-order valence-electron chi connectivity index (χ2n) is 8.46. The molecule has 1 aliphatic rings. The third-order valence-corrected chi connectivity index (χ3v) is 6.06. The molecule has 1 fully saturated rings. The van der Waals surface area contributed by atoms with Crippen molar-refractivity contribution < 1.29 is 19.0 Å². The van der Waals surface area contributed by atoms with Gasteiger partial charge in [0, 0.05) is 36.0 Å². The van der Waals surface area contributed by atoms with Gasteiger partial charge in [-0.05, 0) is 49.1 Å². The van der Waals surface area contributed by atoms with Gasteiger partial charge in [0.2, 0.25) is 5.95 Å². The fraction of sp³-hybridized carbons (Fsp3) is 0.360. The maximum absolute atomic E-state index is 13.8. The Hall–Kier alpha value is -3.39. The molecular weight excluding hydrogens is 425 g/mol. The first-order valence-corrected chi connectivity index (χ1v) is 11.1. The zero-order valence-corrected chi connectivity index (χ0v) is 18.2. The number of carbonyl (C=O) groups is 1. The van der Waals surface area contributed by atoms with E-state index in [0.29, 0.717) is 41.8 Å². The molecule has 0 radical (unpaired) electrons. The monoisotopic (exact) mass is 451 g/mol. The van der Waals surface area contributed by atoms with Crippen molar-refractivity contribution in [2.75, 3.05) is 13.2 Å². The first-order valence-electron chi connectivity index (χ1n) is 11.1. The van der Waals surface area contributed by atoms with Crippen LogP contribution in [0.2, 0.25) is 0 Å². The van der Waals surface area contributed by atoms with Crippen LogP contribution in [0.5, 0.6) is 0 Å². The van der Waals surface area contributed by atoms with E-state index in [1.807, 2.05) is 30.3 Å². The highest BCUT2D eigenvalue weighted by molar-refractivity contribution is 5.79. The third kappa shape index (κ3) is 5.90. The van der Waals surface area contributed by atoms with Crippen LogP contribution in [0.3, 0.4) is 0 Å². The summed E-state index contributed by atoms with van der Waals surface area (Å²) in [4.78, 5) is 27.2. The maximum Gasteiger partial charge on any atom is 0.329 e. The molecule has 3 aromatic rings. The summed E-state index contributed by atoms with van der Waals surface area (Å²) in [5.41, 5.74) is 2.37. The SMILES string of the molecule is O=C(O)COCC1CCC(Cn2nc(-c3ccccc3)c(-c3ccnc(F)c3)cc2=O)CC1. The lowest BCUT2D eigenvalue weighted by Gasteiger charge is -2.28. The van der Waals surface area contributed by atoms with Gasteiger partial charge in [-0.1, -0.05) is 30.3 Å². The smallest absolute Gasteiger partial charge is 0.329 e. The normalized spacial score (nSPS) is 18.2. The molecule has 1 aromatic carbocycles. The summed E-state index contributed by atoms with van der Waals surface area (Å²) in [5, 5.41) is 13.4. The van der Waals surface area contributed by atoms with E-state index in [4.69, 9.17) is 14.9 Å². The van der Waals surface area contributed by atoms with Crippen LogP contribution < -0.4 is 5.56 Å². The minimum Gasteiger partial charge on any atom is -0.480 e. The minimum atomic E-state index is -0.957. The molecule has 1 saturated carbocycles. The summed E-state index contributed by atoms with van der Waals surface area (Å²) in [6, 6.07) is 14.0. The molecule has 7 nitrogen and oxygen atoms in total. The first kappa shape index (κ1) is 22.8. The highest BCUT2D eigenvalue weighted by Crippen LogP contribution is 2.31. The Balaban J connectivity index is 1.54. The van der Waals surface area contributed by atoms with Crippen molar-refractivity contribution in [2.24, 2.45) is 11.8 Å². The summed E-state index contributed by atoms with van der Waals surface area (Å²) in [5.74, 6) is -0.922. The van der Waals surface area contributed by atoms with Gasteiger partial charge >= 0.3 is 5.97 Å². The van der Waals surface area contributed by atoms with E-state index in [-0.39, 0.29) is 12.2 Å². The number of halogens is 1. The number of benzene rings is 1. The molecule has 0 amide bonds. The van der Waals surface area contributed by atoms with Gasteiger partial charge in [0.15, 0.2) is 0 Å². The van der Waals surface area contributed by atoms with E-state index in [1.54, 1.807) is 6.07 Å². The largest absolute Gasteiger partial charge is 0.480 e. The van der Waals surface area contributed by atoms with Gasteiger partial charge in [-0.15, -0.1) is 0 Å². The molecule has 0 aliphatic heterocycles. The van der Waals surface area contributed by atoms with Crippen LogP contribution in [0.1, 0.15) is 25.7 Å². The molecule has 8 heteroatoms. The number of ether oxygens (including phenoxy) is 1. The summed E-state index contributed by atoms with van der Waals surface area (Å²) in [7, 11) is 0. The van der Waals surface area contributed by atoms with Crippen molar-refractivity contribution in [3.05, 3.63) is 71.0 Å². The van der Waals surface area contributed by atoms with Gasteiger partial charge in [0.1, 0.15) is 6.61 Å². The molecule has 0 bridgehead atoms. The van der Waals surface area contributed by atoms with Gasteiger partial charge in [0.25, 0.3) is 5.56 Å². The lowest BCUT2D eigenvalue weighted by Crippen LogP contribution is -2.29. The van der Waals surface area contributed by atoms with Crippen LogP contribution in [0.15, 0.2) is 59.5 Å². The minimum absolute atomic E-state index is 0.228. The summed E-state index contributed by atoms with van der Waals surface area (Å²) >= 11 is 0. The van der Waals surface area contributed by atoms with E-state index >= 15 is 0 Å². The van der Waals surface area contributed by atoms with E-state index in [2.05, 4.69) is 4.98 Å². The number of rotatable bonds is 8. The van der Waals surface area contributed by atoms with E-state index in [9.17, 15) is 14.0 Å². The highest BCUT2D eigenvalue weighted by Gasteiger charge is 2.23. The Morgan fingerprint density at radius 1 is 1.06 bits per heavy atom. The molecular formula is C25H26FN3O4. The molecule has 0 unspecified atom stereocenters. The zero-order chi connectivity index (χ0) is 23.2. The Bertz CT molecular complexity index is 1160. The van der Waals surface area contributed by atoms with Crippen molar-refractivity contribution in [1.82, 2.24) is 14.8 Å². The molecule has 4 rings (SSSR count). The van der Waals surface area contributed by atoms with Gasteiger partial charge in [-0.2, -0.15) is 9.49 Å². The average Bonchev–Trinajstić information content (AvgIpc) is 2.81. The number of pyridine rings is 1. The predicted octanol–water partition coefficient (Wildman–Crippen LogP) is 4.02. The molecule has 0 spiro atoms. The van der Waals surface area contributed by atoms with E-state index < -0.39 is 11.9 Å². The molecule has 0 atom stereocenters. The number of aliphatic carboxylic acids is 1. The second kappa shape index (κ2) is 10.5. The molecule has 1 N–H and O–H groups in total. The Kier molecular flexibility index (Phi) is 7.24. The zero-order valence-electron chi connectivity index (χ0n) is 18.2. The predicted molar refractivity (Wildman–Crippen MR) is 121 cm³/mol. The van der Waals surface area contributed by atoms with Crippen molar-refractivity contribution in [3.8, 4) is 22.4 Å². The maximum atomic E-state index is 13.8. The quantitative estimate of drug-likeness (QED) is 0.520. The molecule has 2 heterocycles. The first-order chi connectivity index (χ1) is 16.0. The average molecular weight is 451 g/mol. The van der Waals surface area contributed by atoms with E-state index in [1.165, 1.54) is 23.0 Å². The number of hydrogen-bond acceptors (Lipinski definition) is 5. The van der Waals surface area contributed by atoms with Crippen LogP contribution in [0.4, 0.5) is 4.39 Å². The summed E-state index contributed by atoms with van der Waals surface area (Å²) in [6.45, 7) is 0.689. The summed E-state index contributed by atoms with van der Waals surface area (Å²) < 4.78 is 20.5. The molecule has 0 saturated heterocycles. The topological polar surface area (TPSA) is 94.3 Å². The lowest BCUT2D eigenvalue weighted by molar-refractivity contribution is -0.142. The van der Waals surface area contributed by atoms with E-state index in [0.717, 1.165) is 31.2 Å². The van der Waals surface area contributed by atoms with Crippen LogP contribution in [-0.4, -0.2) is 39.1 Å². The standard InChI is InChI=1S/C25H26FN3O4/c26-22-12-20(10-11-27-22)21-13-23(30)29(28-25(21)19-4-2-1-3-5-19)14-17-6-8-18(9-7-17)15-33-16-24(31)32/h1-5,10-13,17-18H,6-9,14-16H2,(H,31,32). The highest BCUT2D eigenvalue weighted by atomic mass is 19.1. The fourth-order valence-corrected chi connectivity index (χ4v) is 4.36. The van der Waals surface area contributed by atoms with Gasteiger partial charge in [0.05, 0.1) is 12.3 Å². The number of hydrogen-bond donors (Lipinski definition) is 1. The van der Waals surface area contributed by atoms with Crippen molar-refractivity contribution >= 4 is 5.97 Å². The molecule has 172 valence electrons. The third-order valence-electron chi connectivity index (χ3n) is 6.06. The Labute approximate surface area is 190 Å². The van der Waals surface area contributed by atoms with Gasteiger partial charge < -0.3 is 9.84 Å². The molecule has 1 aliphatic carbocycles. The van der Waals surface area contributed by atoms with Gasteiger partial charge in [-0.25, -0.2) is 14.5 Å². The second-order valence-corrected chi connectivity index (χ2v) is 8.46. The lowest BCUT2D eigenvalue weighted by atomic mass is 9.82. The van der Waals surface area contributed by atoms with Crippen molar-refractivity contribution in [3.63, 3.8) is 0 Å². The number of nitrogens with zero attached hydrogens (tertiary/aromatic N) is 3. The Morgan fingerprint density at radius 2 is 1.79 bits per heavy atom. The summed E-state index contributed by atoms with van der Waals surface area (Å²) in [6.07, 6.45) is 5.09. The van der Waals surface area contributed by atoms with Crippen molar-refractivity contribution in [1.29, 1.82) is 0 Å². The molecule has 2 aromatic heterocycles. The number of carboxylic acid groups (broad SMARTS) is 1. The van der Waals surface area contributed by atoms with Crippen LogP contribution in [0.25, 0.3) is 22.4 Å². The van der Waals surface area contributed by atoms with Crippen molar-refractivity contribution in [2.45, 2.75) is 32.2 Å². The fourth-order valence-electron chi connectivity index (χ4n) is 4.36. The number of carboxylic acids is 1. The number of aromatic nitrogens is 3. The Morgan fingerprint density at radius 3 is 2.48 bits per heavy atom. The van der Waals surface area contributed by atoms with Gasteiger partial charge in [-0.3, -0.25) is 4.79 Å². The molecule has 33 heavy (non-hydrogen) atoms. The van der Waals surface area contributed by atoms with Crippen LogP contribution >= 0.6 is 0 Å². The van der Waals surface area contributed by atoms with Crippen LogP contribution in [-0.2, 0) is 16.1 Å². The van der Waals surface area contributed by atoms with Crippen LogP contribution in [0, 0.1) is 17.8 Å².